The van der Waals surface area contributed by atoms with Gasteiger partial charge in [-0.1, -0.05) is 35.3 Å². The highest BCUT2D eigenvalue weighted by molar-refractivity contribution is 8.01. The van der Waals surface area contributed by atoms with Crippen LogP contribution in [0.15, 0.2) is 47.4 Å². The van der Waals surface area contributed by atoms with Crippen LogP contribution in [0.25, 0.3) is 0 Å². The molecule has 9 heteroatoms. The van der Waals surface area contributed by atoms with Crippen LogP contribution in [0.1, 0.15) is 16.8 Å². The fraction of sp³-hybridized carbons (Fsp3) is 0.286. The van der Waals surface area contributed by atoms with E-state index in [2.05, 4.69) is 5.32 Å². The number of thioether (sulfide) groups is 1. The molecular formula is C21H19Cl2N3O3S. The number of fused-ring (bicyclic) bond motifs is 1. The highest BCUT2D eigenvalue weighted by atomic mass is 35.5. The zero-order valence-corrected chi connectivity index (χ0v) is 18.3. The van der Waals surface area contributed by atoms with Crippen molar-refractivity contribution in [2.24, 2.45) is 0 Å². The number of hydrogen-bond donors (Lipinski definition) is 1. The summed E-state index contributed by atoms with van der Waals surface area (Å²) in [5, 5.41) is 3.19. The number of para-hydroxylation sites is 1. The van der Waals surface area contributed by atoms with Crippen molar-refractivity contribution >= 4 is 58.4 Å². The second-order valence-corrected chi connectivity index (χ2v) is 9.18. The number of carbonyl (C=O) groups excluding carboxylic acids is 3. The molecule has 2 aliphatic heterocycles. The summed E-state index contributed by atoms with van der Waals surface area (Å²) in [6.45, 7) is 1.67. The molecule has 2 aromatic carbocycles. The summed E-state index contributed by atoms with van der Waals surface area (Å²) in [5.74, 6) is -0.417. The van der Waals surface area contributed by atoms with Crippen LogP contribution >= 0.6 is 35.0 Å². The third-order valence-corrected chi connectivity index (χ3v) is 6.97. The number of piperazine rings is 1. The largest absolute Gasteiger partial charge is 0.339 e. The lowest BCUT2D eigenvalue weighted by atomic mass is 10.1. The first-order valence-electron chi connectivity index (χ1n) is 9.51. The smallest absolute Gasteiger partial charge is 0.255 e. The third kappa shape index (κ3) is 4.43. The van der Waals surface area contributed by atoms with E-state index >= 15 is 0 Å². The van der Waals surface area contributed by atoms with Gasteiger partial charge in [-0.3, -0.25) is 14.4 Å². The zero-order chi connectivity index (χ0) is 21.3. The Morgan fingerprint density at radius 2 is 1.73 bits per heavy atom. The van der Waals surface area contributed by atoms with Crippen molar-refractivity contribution in [2.45, 2.75) is 16.6 Å². The number of amides is 3. The Morgan fingerprint density at radius 3 is 2.47 bits per heavy atom. The van der Waals surface area contributed by atoms with Gasteiger partial charge in [-0.15, -0.1) is 11.8 Å². The fourth-order valence-electron chi connectivity index (χ4n) is 3.51. The van der Waals surface area contributed by atoms with E-state index in [4.69, 9.17) is 23.2 Å². The number of rotatable bonds is 3. The molecule has 0 spiro atoms. The molecule has 1 atom stereocenters. The van der Waals surface area contributed by atoms with E-state index in [9.17, 15) is 14.4 Å². The van der Waals surface area contributed by atoms with Crippen LogP contribution in [-0.4, -0.2) is 59.0 Å². The van der Waals surface area contributed by atoms with Crippen LogP contribution in [0.4, 0.5) is 5.69 Å². The summed E-state index contributed by atoms with van der Waals surface area (Å²) in [6, 6.07) is 12.3. The normalized spacial score (nSPS) is 18.6. The van der Waals surface area contributed by atoms with Gasteiger partial charge in [-0.25, -0.2) is 0 Å². The minimum absolute atomic E-state index is 0.0846. The summed E-state index contributed by atoms with van der Waals surface area (Å²) in [5.41, 5.74) is 1.18. The van der Waals surface area contributed by atoms with Crippen LogP contribution in [-0.2, 0) is 9.59 Å². The molecule has 1 fully saturated rings. The molecule has 0 saturated carbocycles. The number of halogens is 2. The van der Waals surface area contributed by atoms with Crippen LogP contribution in [0.2, 0.25) is 10.0 Å². The average molecular weight is 464 g/mol. The van der Waals surface area contributed by atoms with Gasteiger partial charge in [0.1, 0.15) is 0 Å². The van der Waals surface area contributed by atoms with Crippen molar-refractivity contribution in [3.05, 3.63) is 58.1 Å². The van der Waals surface area contributed by atoms with E-state index in [1.807, 2.05) is 24.3 Å². The summed E-state index contributed by atoms with van der Waals surface area (Å²) < 4.78 is 0. The Hall–Kier alpha value is -2.22. The molecule has 1 unspecified atom stereocenters. The zero-order valence-electron chi connectivity index (χ0n) is 15.9. The van der Waals surface area contributed by atoms with Gasteiger partial charge < -0.3 is 15.1 Å². The molecule has 2 heterocycles. The Morgan fingerprint density at radius 1 is 1.03 bits per heavy atom. The summed E-state index contributed by atoms with van der Waals surface area (Å²) in [4.78, 5) is 42.2. The van der Waals surface area contributed by atoms with Gasteiger partial charge in [0.15, 0.2) is 0 Å². The molecule has 1 saturated heterocycles. The predicted molar refractivity (Wildman–Crippen MR) is 118 cm³/mol. The van der Waals surface area contributed by atoms with Gasteiger partial charge in [-0.05, 0) is 30.3 Å². The van der Waals surface area contributed by atoms with Crippen molar-refractivity contribution in [3.63, 3.8) is 0 Å². The first-order valence-corrected chi connectivity index (χ1v) is 11.1. The highest BCUT2D eigenvalue weighted by Gasteiger charge is 2.32. The number of hydrogen-bond acceptors (Lipinski definition) is 4. The number of nitrogens with zero attached hydrogens (tertiary/aromatic N) is 2. The Bertz CT molecular complexity index is 1010. The predicted octanol–water partition coefficient (Wildman–Crippen LogP) is 3.78. The Balaban J connectivity index is 1.33. The van der Waals surface area contributed by atoms with E-state index in [1.54, 1.807) is 28.0 Å². The molecule has 2 aromatic rings. The second kappa shape index (κ2) is 8.88. The van der Waals surface area contributed by atoms with Crippen molar-refractivity contribution in [1.29, 1.82) is 0 Å². The monoisotopic (exact) mass is 463 g/mol. The molecule has 30 heavy (non-hydrogen) atoms. The lowest BCUT2D eigenvalue weighted by Gasteiger charge is -2.35. The van der Waals surface area contributed by atoms with Crippen molar-refractivity contribution in [1.82, 2.24) is 9.80 Å². The van der Waals surface area contributed by atoms with Crippen LogP contribution in [0.3, 0.4) is 0 Å². The number of anilines is 1. The number of benzene rings is 2. The van der Waals surface area contributed by atoms with Crippen LogP contribution in [0, 0.1) is 0 Å². The molecule has 3 amide bonds. The van der Waals surface area contributed by atoms with Gasteiger partial charge in [0.25, 0.3) is 5.91 Å². The van der Waals surface area contributed by atoms with E-state index < -0.39 is 5.25 Å². The lowest BCUT2D eigenvalue weighted by molar-refractivity contribution is -0.134. The highest BCUT2D eigenvalue weighted by Crippen LogP contribution is 2.36. The Kier molecular flexibility index (Phi) is 6.22. The molecule has 0 aliphatic carbocycles. The van der Waals surface area contributed by atoms with Crippen LogP contribution in [0.5, 0.6) is 0 Å². The molecule has 1 N–H and O–H groups in total. The molecule has 0 aromatic heterocycles. The quantitative estimate of drug-likeness (QED) is 0.751. The summed E-state index contributed by atoms with van der Waals surface area (Å²) in [6.07, 6.45) is 0.127. The first kappa shape index (κ1) is 21.0. The minimum atomic E-state index is -0.458. The SMILES string of the molecule is O=C1Nc2ccccc2SC1CC(=O)N1CCN(C(=O)c2ccc(Cl)cc2Cl)CC1. The molecule has 2 aliphatic rings. The number of nitrogens with one attached hydrogen (secondary N) is 1. The molecule has 0 radical (unpaired) electrons. The average Bonchev–Trinajstić information content (AvgIpc) is 2.74. The maximum absolute atomic E-state index is 12.8. The second-order valence-electron chi connectivity index (χ2n) is 7.09. The minimum Gasteiger partial charge on any atom is -0.339 e. The van der Waals surface area contributed by atoms with E-state index in [1.165, 1.54) is 11.8 Å². The maximum Gasteiger partial charge on any atom is 0.255 e. The molecule has 156 valence electrons. The van der Waals surface area contributed by atoms with Crippen molar-refractivity contribution in [2.75, 3.05) is 31.5 Å². The molecule has 0 bridgehead atoms. The molecule has 6 nitrogen and oxygen atoms in total. The van der Waals surface area contributed by atoms with E-state index in [0.717, 1.165) is 10.6 Å². The summed E-state index contributed by atoms with van der Waals surface area (Å²) in [7, 11) is 0. The maximum atomic E-state index is 12.8. The first-order chi connectivity index (χ1) is 14.4. The molecule has 4 rings (SSSR count). The van der Waals surface area contributed by atoms with Crippen molar-refractivity contribution < 1.29 is 14.4 Å². The lowest BCUT2D eigenvalue weighted by Crippen LogP contribution is -2.51. The van der Waals surface area contributed by atoms with Gasteiger partial charge >= 0.3 is 0 Å². The van der Waals surface area contributed by atoms with Crippen LogP contribution < -0.4 is 5.32 Å². The Labute approximate surface area is 188 Å². The standard InChI is InChI=1S/C21H19Cl2N3O3S/c22-13-5-6-14(15(23)11-13)21(29)26-9-7-25(8-10-26)19(27)12-18-20(28)24-16-3-1-2-4-17(16)30-18/h1-6,11,18H,7-10,12H2,(H,24,28). The fourth-order valence-corrected chi connectivity index (χ4v) is 5.10. The summed E-state index contributed by atoms with van der Waals surface area (Å²) >= 11 is 13.5. The van der Waals surface area contributed by atoms with Gasteiger partial charge in [0.05, 0.1) is 21.5 Å². The van der Waals surface area contributed by atoms with Gasteiger partial charge in [0.2, 0.25) is 11.8 Å². The third-order valence-electron chi connectivity index (χ3n) is 5.15. The van der Waals surface area contributed by atoms with Gasteiger partial charge in [0, 0.05) is 42.5 Å². The van der Waals surface area contributed by atoms with Gasteiger partial charge in [-0.2, -0.15) is 0 Å². The van der Waals surface area contributed by atoms with Crippen molar-refractivity contribution in [3.8, 4) is 0 Å². The van der Waals surface area contributed by atoms with E-state index in [-0.39, 0.29) is 24.1 Å². The number of carbonyl (C=O) groups is 3. The van der Waals surface area contributed by atoms with E-state index in [0.29, 0.717) is 41.8 Å². The topological polar surface area (TPSA) is 69.7 Å². The molecular weight excluding hydrogens is 445 g/mol.